The summed E-state index contributed by atoms with van der Waals surface area (Å²) in [6, 6.07) is 2.00. The molecule has 3 aromatic rings. The van der Waals surface area contributed by atoms with Crippen molar-refractivity contribution in [3.8, 4) is 0 Å². The lowest BCUT2D eigenvalue weighted by Gasteiger charge is -2.17. The zero-order chi connectivity index (χ0) is 20.9. The van der Waals surface area contributed by atoms with Crippen LogP contribution in [0.25, 0.3) is 21.8 Å². The van der Waals surface area contributed by atoms with Crippen LogP contribution in [0.3, 0.4) is 0 Å². The Balaban J connectivity index is 1.98. The smallest absolute Gasteiger partial charge is 0.340 e. The minimum atomic E-state index is -4.07. The van der Waals surface area contributed by atoms with Gasteiger partial charge >= 0.3 is 5.97 Å². The standard InChI is InChI=1S/C19H20FN3O5S/c1-3-6-28-19(25)12-9-21-17-16(12)11-7-15(13(20)8-14(11)22-18(17)24)29(26,27)23(2)10-4-5-10/h7-10,21H,3-6H2,1-2H3,(H,22,24). The molecule has 8 nitrogen and oxygen atoms in total. The highest BCUT2D eigenvalue weighted by Gasteiger charge is 2.36. The normalized spacial score (nSPS) is 14.8. The zero-order valence-electron chi connectivity index (χ0n) is 15.9. The summed E-state index contributed by atoms with van der Waals surface area (Å²) < 4.78 is 46.8. The molecule has 154 valence electrons. The van der Waals surface area contributed by atoms with E-state index in [0.717, 1.165) is 23.2 Å². The maximum Gasteiger partial charge on any atom is 0.340 e. The van der Waals surface area contributed by atoms with E-state index >= 15 is 0 Å². The molecule has 29 heavy (non-hydrogen) atoms. The Morgan fingerprint density at radius 2 is 2.07 bits per heavy atom. The van der Waals surface area contributed by atoms with E-state index in [-0.39, 0.29) is 40.0 Å². The summed E-state index contributed by atoms with van der Waals surface area (Å²) >= 11 is 0. The number of halogens is 1. The van der Waals surface area contributed by atoms with E-state index in [9.17, 15) is 22.4 Å². The lowest BCUT2D eigenvalue weighted by Crippen LogP contribution is -2.29. The minimum absolute atomic E-state index is 0.0893. The second-order valence-electron chi connectivity index (χ2n) is 7.12. The molecule has 1 fully saturated rings. The molecule has 0 bridgehead atoms. The number of fused-ring (bicyclic) bond motifs is 3. The van der Waals surface area contributed by atoms with Crippen LogP contribution in [0.15, 0.2) is 28.0 Å². The van der Waals surface area contributed by atoms with Gasteiger partial charge < -0.3 is 14.7 Å². The molecule has 0 amide bonds. The molecular weight excluding hydrogens is 401 g/mol. The highest BCUT2D eigenvalue weighted by molar-refractivity contribution is 7.89. The fourth-order valence-electron chi connectivity index (χ4n) is 3.35. The number of nitrogens with one attached hydrogen (secondary N) is 2. The van der Waals surface area contributed by atoms with Gasteiger partial charge in [0.15, 0.2) is 0 Å². The molecule has 10 heteroatoms. The monoisotopic (exact) mass is 421 g/mol. The lowest BCUT2D eigenvalue weighted by molar-refractivity contribution is 0.0507. The van der Waals surface area contributed by atoms with E-state index in [1.165, 1.54) is 19.3 Å². The molecule has 1 saturated carbocycles. The molecule has 0 saturated heterocycles. The summed E-state index contributed by atoms with van der Waals surface area (Å²) in [5, 5.41) is 0.448. The van der Waals surface area contributed by atoms with Crippen molar-refractivity contribution in [1.29, 1.82) is 0 Å². The lowest BCUT2D eigenvalue weighted by atomic mass is 10.1. The third-order valence-corrected chi connectivity index (χ3v) is 7.00. The number of ether oxygens (including phenoxy) is 1. The number of benzene rings is 1. The van der Waals surface area contributed by atoms with Gasteiger partial charge in [-0.3, -0.25) is 4.79 Å². The van der Waals surface area contributed by atoms with Gasteiger partial charge in [-0.2, -0.15) is 4.31 Å². The van der Waals surface area contributed by atoms with Crippen LogP contribution in [0, 0.1) is 5.82 Å². The fraction of sp³-hybridized carbons (Fsp3) is 0.368. The highest BCUT2D eigenvalue weighted by atomic mass is 32.2. The first-order valence-electron chi connectivity index (χ1n) is 9.27. The van der Waals surface area contributed by atoms with Crippen molar-refractivity contribution in [1.82, 2.24) is 14.3 Å². The quantitative estimate of drug-likeness (QED) is 0.594. The van der Waals surface area contributed by atoms with Crippen molar-refractivity contribution < 1.29 is 22.3 Å². The first kappa shape index (κ1) is 19.6. The van der Waals surface area contributed by atoms with Gasteiger partial charge in [0.25, 0.3) is 5.56 Å². The number of H-pyrrole nitrogens is 2. The van der Waals surface area contributed by atoms with E-state index in [4.69, 9.17) is 4.74 Å². The summed E-state index contributed by atoms with van der Waals surface area (Å²) in [7, 11) is -2.65. The van der Waals surface area contributed by atoms with Crippen molar-refractivity contribution in [2.75, 3.05) is 13.7 Å². The Morgan fingerprint density at radius 1 is 1.34 bits per heavy atom. The first-order valence-corrected chi connectivity index (χ1v) is 10.7. The summed E-state index contributed by atoms with van der Waals surface area (Å²) in [4.78, 5) is 29.5. The number of hydrogen-bond donors (Lipinski definition) is 2. The number of aromatic nitrogens is 2. The average molecular weight is 421 g/mol. The highest BCUT2D eigenvalue weighted by Crippen LogP contribution is 2.34. The Hall–Kier alpha value is -2.72. The first-order chi connectivity index (χ1) is 13.8. The Kier molecular flexibility index (Phi) is 4.70. The molecule has 0 atom stereocenters. The number of carbonyl (C=O) groups excluding carboxylic acids is 1. The maximum atomic E-state index is 14.7. The molecule has 1 aromatic carbocycles. The van der Waals surface area contributed by atoms with E-state index in [1.807, 2.05) is 6.92 Å². The van der Waals surface area contributed by atoms with Crippen LogP contribution in [0.5, 0.6) is 0 Å². The number of esters is 1. The van der Waals surface area contributed by atoms with Crippen molar-refractivity contribution in [3.05, 3.63) is 40.1 Å². The maximum absolute atomic E-state index is 14.7. The predicted molar refractivity (Wildman–Crippen MR) is 105 cm³/mol. The number of sulfonamides is 1. The molecule has 2 heterocycles. The van der Waals surface area contributed by atoms with Gasteiger partial charge in [0.05, 0.1) is 17.7 Å². The van der Waals surface area contributed by atoms with Crippen LogP contribution in [0.1, 0.15) is 36.5 Å². The van der Waals surface area contributed by atoms with E-state index in [0.29, 0.717) is 6.42 Å². The summed E-state index contributed by atoms with van der Waals surface area (Å²) in [6.45, 7) is 2.05. The van der Waals surface area contributed by atoms with Crippen LogP contribution in [-0.2, 0) is 14.8 Å². The molecule has 0 unspecified atom stereocenters. The number of pyridine rings is 1. The molecule has 1 aliphatic rings. The number of aromatic amines is 2. The SMILES string of the molecule is CCCOC(=O)c1c[nH]c2c(=O)[nH]c3cc(F)c(S(=O)(=O)N(C)C4CC4)cc3c12. The second kappa shape index (κ2) is 6.96. The predicted octanol–water partition coefficient (Wildman–Crippen LogP) is 2.50. The van der Waals surface area contributed by atoms with Gasteiger partial charge in [0, 0.05) is 30.1 Å². The van der Waals surface area contributed by atoms with Crippen LogP contribution in [0.4, 0.5) is 4.39 Å². The Morgan fingerprint density at radius 3 is 2.72 bits per heavy atom. The van der Waals surface area contributed by atoms with E-state index in [1.54, 1.807) is 0 Å². The van der Waals surface area contributed by atoms with E-state index < -0.39 is 32.3 Å². The Bertz CT molecular complexity index is 1290. The van der Waals surface area contributed by atoms with Gasteiger partial charge in [-0.25, -0.2) is 17.6 Å². The number of carbonyl (C=O) groups is 1. The average Bonchev–Trinajstić information content (AvgIpc) is 3.42. The molecule has 2 N–H and O–H groups in total. The van der Waals surface area contributed by atoms with Crippen molar-refractivity contribution in [3.63, 3.8) is 0 Å². The number of hydrogen-bond acceptors (Lipinski definition) is 5. The van der Waals surface area contributed by atoms with Crippen LogP contribution >= 0.6 is 0 Å². The summed E-state index contributed by atoms with van der Waals surface area (Å²) in [5.74, 6) is -1.61. The molecule has 0 radical (unpaired) electrons. The number of nitrogens with zero attached hydrogens (tertiary/aromatic N) is 1. The molecule has 0 spiro atoms. The van der Waals surface area contributed by atoms with Gasteiger partial charge in [-0.15, -0.1) is 0 Å². The summed E-state index contributed by atoms with van der Waals surface area (Å²) in [6.07, 6.45) is 3.42. The third-order valence-electron chi connectivity index (χ3n) is 5.07. The summed E-state index contributed by atoms with van der Waals surface area (Å²) in [5.41, 5.74) is -0.272. The Labute approximate surface area is 165 Å². The van der Waals surface area contributed by atoms with Crippen molar-refractivity contribution >= 4 is 37.8 Å². The largest absolute Gasteiger partial charge is 0.462 e. The number of rotatable bonds is 6. The topological polar surface area (TPSA) is 112 Å². The van der Waals surface area contributed by atoms with Crippen LogP contribution in [0.2, 0.25) is 0 Å². The van der Waals surface area contributed by atoms with Gasteiger partial charge in [-0.05, 0) is 31.4 Å². The molecule has 1 aliphatic carbocycles. The van der Waals surface area contributed by atoms with Gasteiger partial charge in [-0.1, -0.05) is 6.92 Å². The molecular formula is C19H20FN3O5S. The van der Waals surface area contributed by atoms with Gasteiger partial charge in [0.1, 0.15) is 16.2 Å². The van der Waals surface area contributed by atoms with Crippen molar-refractivity contribution in [2.24, 2.45) is 0 Å². The van der Waals surface area contributed by atoms with Crippen LogP contribution in [-0.4, -0.2) is 48.4 Å². The van der Waals surface area contributed by atoms with E-state index in [2.05, 4.69) is 9.97 Å². The fourth-order valence-corrected chi connectivity index (χ4v) is 4.84. The van der Waals surface area contributed by atoms with Gasteiger partial charge in [0.2, 0.25) is 10.0 Å². The molecule has 4 rings (SSSR count). The van der Waals surface area contributed by atoms with Crippen LogP contribution < -0.4 is 5.56 Å². The molecule has 0 aliphatic heterocycles. The molecule has 2 aromatic heterocycles. The third kappa shape index (κ3) is 3.22. The zero-order valence-corrected chi connectivity index (χ0v) is 16.7. The van der Waals surface area contributed by atoms with Crippen molar-refractivity contribution in [2.45, 2.75) is 37.1 Å². The minimum Gasteiger partial charge on any atom is -0.462 e. The second-order valence-corrected chi connectivity index (χ2v) is 9.09.